The van der Waals surface area contributed by atoms with E-state index in [-0.39, 0.29) is 36.7 Å². The van der Waals surface area contributed by atoms with Crippen molar-refractivity contribution in [1.29, 1.82) is 0 Å². The molecule has 0 radical (unpaired) electrons. The summed E-state index contributed by atoms with van der Waals surface area (Å²) in [5.41, 5.74) is 1.03. The van der Waals surface area contributed by atoms with Gasteiger partial charge < -0.3 is 15.0 Å². The van der Waals surface area contributed by atoms with Gasteiger partial charge in [0.2, 0.25) is 11.8 Å². The van der Waals surface area contributed by atoms with E-state index < -0.39 is 0 Å². The topological polar surface area (TPSA) is 66.5 Å². The summed E-state index contributed by atoms with van der Waals surface area (Å²) in [5, 5.41) is 2.89. The molecule has 1 fully saturated rings. The van der Waals surface area contributed by atoms with Crippen molar-refractivity contribution < 1.29 is 14.4 Å². The van der Waals surface area contributed by atoms with Crippen molar-refractivity contribution in [1.82, 2.24) is 10.2 Å². The number of nitrogens with zero attached hydrogens (tertiary/aromatic N) is 1. The summed E-state index contributed by atoms with van der Waals surface area (Å²) in [5.74, 6) is -0.260. The van der Waals surface area contributed by atoms with Crippen molar-refractivity contribution >= 4 is 18.1 Å². The summed E-state index contributed by atoms with van der Waals surface area (Å²) in [6.07, 6.45) is 2.71. The van der Waals surface area contributed by atoms with Gasteiger partial charge in [-0.2, -0.15) is 0 Å². The van der Waals surface area contributed by atoms with E-state index >= 15 is 0 Å². The van der Waals surface area contributed by atoms with Crippen LogP contribution in [0.4, 0.5) is 0 Å². The third-order valence-electron chi connectivity index (χ3n) is 4.02. The molecule has 5 heteroatoms. The highest BCUT2D eigenvalue weighted by molar-refractivity contribution is 5.85. The predicted octanol–water partition coefficient (Wildman–Crippen LogP) is 1.83. The maximum Gasteiger partial charge on any atom is 0.223 e. The van der Waals surface area contributed by atoms with Crippen LogP contribution in [0.5, 0.6) is 0 Å². The van der Waals surface area contributed by atoms with E-state index in [1.807, 2.05) is 37.3 Å². The minimum absolute atomic E-state index is 0.0849. The number of benzene rings is 1. The lowest BCUT2D eigenvalue weighted by Crippen LogP contribution is -2.37. The van der Waals surface area contributed by atoms with Gasteiger partial charge in [-0.05, 0) is 25.3 Å². The highest BCUT2D eigenvalue weighted by Crippen LogP contribution is 2.17. The smallest absolute Gasteiger partial charge is 0.223 e. The Labute approximate surface area is 130 Å². The molecule has 2 atom stereocenters. The summed E-state index contributed by atoms with van der Waals surface area (Å²) < 4.78 is 0. The van der Waals surface area contributed by atoms with Gasteiger partial charge in [0.25, 0.3) is 0 Å². The molecule has 22 heavy (non-hydrogen) atoms. The first-order valence-corrected chi connectivity index (χ1v) is 7.71. The molecule has 0 aliphatic carbocycles. The van der Waals surface area contributed by atoms with Crippen molar-refractivity contribution in [3.63, 3.8) is 0 Å². The zero-order chi connectivity index (χ0) is 15.9. The second-order valence-corrected chi connectivity index (χ2v) is 5.63. The molecule has 1 saturated heterocycles. The molecule has 0 spiro atoms. The highest BCUT2D eigenvalue weighted by Gasteiger charge is 2.28. The van der Waals surface area contributed by atoms with Crippen molar-refractivity contribution in [2.75, 3.05) is 6.54 Å². The maximum absolute atomic E-state index is 12.1. The zero-order valence-electron chi connectivity index (χ0n) is 12.8. The van der Waals surface area contributed by atoms with Crippen LogP contribution in [0.1, 0.15) is 44.2 Å². The average Bonchev–Trinajstić information content (AvgIpc) is 3.02. The first-order valence-electron chi connectivity index (χ1n) is 7.71. The quantitative estimate of drug-likeness (QED) is 0.815. The predicted molar refractivity (Wildman–Crippen MR) is 83.0 cm³/mol. The SMILES string of the molecule is C[C@H](NC(=O)CCC(=O)N1CCC[C@H]1C=O)c1ccccc1. The van der Waals surface area contributed by atoms with Crippen LogP contribution in [-0.4, -0.2) is 35.6 Å². The fraction of sp³-hybridized carbons (Fsp3) is 0.471. The number of hydrogen-bond donors (Lipinski definition) is 1. The molecule has 0 unspecified atom stereocenters. The molecule has 1 aliphatic heterocycles. The first kappa shape index (κ1) is 16.2. The van der Waals surface area contributed by atoms with Crippen LogP contribution in [0, 0.1) is 0 Å². The monoisotopic (exact) mass is 302 g/mol. The van der Waals surface area contributed by atoms with Crippen molar-refractivity contribution in [3.05, 3.63) is 35.9 Å². The largest absolute Gasteiger partial charge is 0.350 e. The van der Waals surface area contributed by atoms with Gasteiger partial charge in [0.05, 0.1) is 12.1 Å². The molecule has 1 aromatic rings. The molecule has 2 amide bonds. The molecule has 0 aromatic heterocycles. The van der Waals surface area contributed by atoms with E-state index in [2.05, 4.69) is 5.32 Å². The number of nitrogens with one attached hydrogen (secondary N) is 1. The van der Waals surface area contributed by atoms with E-state index in [4.69, 9.17) is 0 Å². The summed E-state index contributed by atoms with van der Waals surface area (Å²) >= 11 is 0. The van der Waals surface area contributed by atoms with E-state index in [1.54, 1.807) is 4.90 Å². The number of amides is 2. The van der Waals surface area contributed by atoms with Crippen LogP contribution in [0.25, 0.3) is 0 Å². The number of rotatable bonds is 6. The lowest BCUT2D eigenvalue weighted by Gasteiger charge is -2.20. The van der Waals surface area contributed by atoms with Gasteiger partial charge in [-0.3, -0.25) is 9.59 Å². The van der Waals surface area contributed by atoms with Gasteiger partial charge >= 0.3 is 0 Å². The number of likely N-dealkylation sites (tertiary alicyclic amines) is 1. The van der Waals surface area contributed by atoms with E-state index in [0.717, 1.165) is 24.7 Å². The lowest BCUT2D eigenvalue weighted by atomic mass is 10.1. The van der Waals surface area contributed by atoms with Crippen LogP contribution in [0.2, 0.25) is 0 Å². The summed E-state index contributed by atoms with van der Waals surface area (Å²) in [6, 6.07) is 9.29. The summed E-state index contributed by atoms with van der Waals surface area (Å²) in [6.45, 7) is 2.53. The third-order valence-corrected chi connectivity index (χ3v) is 4.02. The Morgan fingerprint density at radius 3 is 2.73 bits per heavy atom. The van der Waals surface area contributed by atoms with Gasteiger partial charge in [0.15, 0.2) is 0 Å². The van der Waals surface area contributed by atoms with Crippen LogP contribution < -0.4 is 5.32 Å². The minimum Gasteiger partial charge on any atom is -0.350 e. The van der Waals surface area contributed by atoms with E-state index in [1.165, 1.54) is 0 Å². The molecular weight excluding hydrogens is 280 g/mol. The first-order chi connectivity index (χ1) is 10.6. The number of carbonyl (C=O) groups excluding carboxylic acids is 3. The molecule has 118 valence electrons. The fourth-order valence-electron chi connectivity index (χ4n) is 2.75. The minimum atomic E-state index is -0.307. The van der Waals surface area contributed by atoms with Crippen molar-refractivity contribution in [3.8, 4) is 0 Å². The van der Waals surface area contributed by atoms with Gasteiger partial charge in [-0.15, -0.1) is 0 Å². The van der Waals surface area contributed by atoms with E-state index in [0.29, 0.717) is 6.54 Å². The molecule has 1 aliphatic rings. The second kappa shape index (κ2) is 7.73. The standard InChI is InChI=1S/C17H22N2O3/c1-13(14-6-3-2-4-7-14)18-16(21)9-10-17(22)19-11-5-8-15(19)12-20/h2-4,6-7,12-13,15H,5,8-11H2,1H3,(H,18,21)/t13-,15-/m0/s1. The third kappa shape index (κ3) is 4.16. The Kier molecular flexibility index (Phi) is 5.69. The van der Waals surface area contributed by atoms with Crippen LogP contribution in [-0.2, 0) is 14.4 Å². The van der Waals surface area contributed by atoms with Crippen LogP contribution in [0.3, 0.4) is 0 Å². The van der Waals surface area contributed by atoms with Crippen LogP contribution >= 0.6 is 0 Å². The molecule has 0 bridgehead atoms. The lowest BCUT2D eigenvalue weighted by molar-refractivity contribution is -0.136. The summed E-state index contributed by atoms with van der Waals surface area (Å²) in [4.78, 5) is 36.5. The van der Waals surface area contributed by atoms with Gasteiger partial charge in [-0.25, -0.2) is 0 Å². The Morgan fingerprint density at radius 2 is 2.05 bits per heavy atom. The molecular formula is C17H22N2O3. The van der Waals surface area contributed by atoms with Gasteiger partial charge in [0.1, 0.15) is 6.29 Å². The Bertz CT molecular complexity index is 530. The average molecular weight is 302 g/mol. The van der Waals surface area contributed by atoms with Crippen molar-refractivity contribution in [2.45, 2.75) is 44.7 Å². The maximum atomic E-state index is 12.1. The molecule has 2 rings (SSSR count). The molecule has 1 N–H and O–H groups in total. The van der Waals surface area contributed by atoms with E-state index in [9.17, 15) is 14.4 Å². The highest BCUT2D eigenvalue weighted by atomic mass is 16.2. The number of carbonyl (C=O) groups is 3. The molecule has 1 heterocycles. The molecule has 1 aromatic carbocycles. The number of aldehydes is 1. The second-order valence-electron chi connectivity index (χ2n) is 5.63. The fourth-order valence-corrected chi connectivity index (χ4v) is 2.75. The Balaban J connectivity index is 1.78. The van der Waals surface area contributed by atoms with Crippen LogP contribution in [0.15, 0.2) is 30.3 Å². The van der Waals surface area contributed by atoms with Gasteiger partial charge in [0, 0.05) is 19.4 Å². The van der Waals surface area contributed by atoms with Gasteiger partial charge in [-0.1, -0.05) is 30.3 Å². The normalized spacial score (nSPS) is 18.8. The Hall–Kier alpha value is -2.17. The summed E-state index contributed by atoms with van der Waals surface area (Å²) in [7, 11) is 0. The molecule has 0 saturated carbocycles. The molecule has 5 nitrogen and oxygen atoms in total. The van der Waals surface area contributed by atoms with Crippen molar-refractivity contribution in [2.24, 2.45) is 0 Å². The number of hydrogen-bond acceptors (Lipinski definition) is 3. The zero-order valence-corrected chi connectivity index (χ0v) is 12.8. The Morgan fingerprint density at radius 1 is 1.32 bits per heavy atom.